The first-order valence-electron chi connectivity index (χ1n) is 6.03. The summed E-state index contributed by atoms with van der Waals surface area (Å²) in [6.45, 7) is 4.28. The zero-order valence-electron chi connectivity index (χ0n) is 10.8. The van der Waals surface area contributed by atoms with Crippen LogP contribution in [-0.2, 0) is 4.74 Å². The highest BCUT2D eigenvalue weighted by Gasteiger charge is 2.16. The van der Waals surface area contributed by atoms with Crippen LogP contribution >= 0.6 is 15.9 Å². The molecule has 0 amide bonds. The van der Waals surface area contributed by atoms with Crippen molar-refractivity contribution in [2.45, 2.75) is 26.0 Å². The van der Waals surface area contributed by atoms with Crippen molar-refractivity contribution >= 4 is 15.9 Å². The van der Waals surface area contributed by atoms with Crippen LogP contribution in [0, 0.1) is 0 Å². The number of halogens is 1. The van der Waals surface area contributed by atoms with E-state index in [4.69, 9.17) is 15.0 Å². The summed E-state index contributed by atoms with van der Waals surface area (Å²) in [5, 5.41) is 3.89. The smallest absolute Gasteiger partial charge is 0.257 e. The Morgan fingerprint density at radius 3 is 2.63 bits per heavy atom. The topological polar surface area (TPSA) is 74.2 Å². The molecule has 0 bridgehead atoms. The average molecular weight is 326 g/mol. The molecule has 0 saturated heterocycles. The molecule has 0 saturated carbocycles. The van der Waals surface area contributed by atoms with Gasteiger partial charge in [-0.1, -0.05) is 21.1 Å². The molecule has 102 valence electrons. The summed E-state index contributed by atoms with van der Waals surface area (Å²) in [6.07, 6.45) is 0.129. The average Bonchev–Trinajstić information content (AvgIpc) is 2.86. The minimum atomic E-state index is -0.379. The standard InChI is InChI=1S/C13H16BrN3O2/c1-8(2)18-7-11(15)12-16-13(19-17-12)9-3-5-10(14)6-4-9/h3-6,8,11H,7,15H2,1-2H3. The Morgan fingerprint density at radius 1 is 1.32 bits per heavy atom. The van der Waals surface area contributed by atoms with Crippen LogP contribution in [-0.4, -0.2) is 22.9 Å². The number of hydrogen-bond acceptors (Lipinski definition) is 5. The molecule has 1 aromatic heterocycles. The second-order valence-electron chi connectivity index (χ2n) is 4.45. The SMILES string of the molecule is CC(C)OCC(N)c1noc(-c2ccc(Br)cc2)n1. The van der Waals surface area contributed by atoms with Gasteiger partial charge >= 0.3 is 0 Å². The van der Waals surface area contributed by atoms with Crippen LogP contribution in [0.5, 0.6) is 0 Å². The Hall–Kier alpha value is -1.24. The first-order chi connectivity index (χ1) is 9.06. The highest BCUT2D eigenvalue weighted by Crippen LogP contribution is 2.21. The summed E-state index contributed by atoms with van der Waals surface area (Å²) in [5.41, 5.74) is 6.80. The van der Waals surface area contributed by atoms with Gasteiger partial charge < -0.3 is 15.0 Å². The summed E-state index contributed by atoms with van der Waals surface area (Å²) in [5.74, 6) is 0.918. The van der Waals surface area contributed by atoms with E-state index in [2.05, 4.69) is 26.1 Å². The number of aromatic nitrogens is 2. The van der Waals surface area contributed by atoms with Crippen molar-refractivity contribution in [2.24, 2.45) is 5.73 Å². The Bertz CT molecular complexity index is 525. The van der Waals surface area contributed by atoms with Crippen LogP contribution in [0.15, 0.2) is 33.3 Å². The number of ether oxygens (including phenoxy) is 1. The molecule has 6 heteroatoms. The van der Waals surface area contributed by atoms with Gasteiger partial charge in [-0.25, -0.2) is 0 Å². The maximum atomic E-state index is 5.94. The van der Waals surface area contributed by atoms with Gasteiger partial charge in [0, 0.05) is 10.0 Å². The minimum absolute atomic E-state index is 0.129. The molecule has 0 spiro atoms. The maximum Gasteiger partial charge on any atom is 0.257 e. The number of nitrogens with zero attached hydrogens (tertiary/aromatic N) is 2. The lowest BCUT2D eigenvalue weighted by Crippen LogP contribution is -2.20. The molecule has 0 aliphatic heterocycles. The van der Waals surface area contributed by atoms with E-state index in [1.165, 1.54) is 0 Å². The molecule has 1 atom stereocenters. The van der Waals surface area contributed by atoms with E-state index < -0.39 is 0 Å². The van der Waals surface area contributed by atoms with Crippen molar-refractivity contribution in [1.82, 2.24) is 10.1 Å². The molecule has 2 N–H and O–H groups in total. The van der Waals surface area contributed by atoms with Crippen molar-refractivity contribution in [1.29, 1.82) is 0 Å². The Morgan fingerprint density at radius 2 is 2.00 bits per heavy atom. The molecule has 0 aliphatic rings. The number of benzene rings is 1. The van der Waals surface area contributed by atoms with E-state index in [9.17, 15) is 0 Å². The number of rotatable bonds is 5. The lowest BCUT2D eigenvalue weighted by atomic mass is 10.2. The summed E-state index contributed by atoms with van der Waals surface area (Å²) < 4.78 is 11.6. The molecule has 2 aromatic rings. The summed E-state index contributed by atoms with van der Waals surface area (Å²) in [4.78, 5) is 4.29. The van der Waals surface area contributed by atoms with Gasteiger partial charge in [0.2, 0.25) is 0 Å². The van der Waals surface area contributed by atoms with Crippen molar-refractivity contribution in [3.05, 3.63) is 34.6 Å². The van der Waals surface area contributed by atoms with E-state index in [1.54, 1.807) is 0 Å². The fourth-order valence-corrected chi connectivity index (χ4v) is 1.73. The van der Waals surface area contributed by atoms with Crippen molar-refractivity contribution in [3.63, 3.8) is 0 Å². The van der Waals surface area contributed by atoms with Gasteiger partial charge in [-0.3, -0.25) is 0 Å². The van der Waals surface area contributed by atoms with Gasteiger partial charge in [0.05, 0.1) is 18.8 Å². The van der Waals surface area contributed by atoms with Crippen molar-refractivity contribution in [2.75, 3.05) is 6.61 Å². The maximum absolute atomic E-state index is 5.94. The van der Waals surface area contributed by atoms with Crippen molar-refractivity contribution in [3.8, 4) is 11.5 Å². The first kappa shape index (κ1) is 14.2. The van der Waals surface area contributed by atoms with Crippen LogP contribution < -0.4 is 5.73 Å². The summed E-state index contributed by atoms with van der Waals surface area (Å²) >= 11 is 3.38. The van der Waals surface area contributed by atoms with E-state index in [1.807, 2.05) is 38.1 Å². The fourth-order valence-electron chi connectivity index (χ4n) is 1.47. The predicted octanol–water partition coefficient (Wildman–Crippen LogP) is 2.92. The van der Waals surface area contributed by atoms with Gasteiger partial charge in [-0.05, 0) is 38.1 Å². The molecular formula is C13H16BrN3O2. The minimum Gasteiger partial charge on any atom is -0.377 e. The van der Waals surface area contributed by atoms with Gasteiger partial charge in [-0.2, -0.15) is 4.98 Å². The molecular weight excluding hydrogens is 310 g/mol. The largest absolute Gasteiger partial charge is 0.377 e. The highest BCUT2D eigenvalue weighted by molar-refractivity contribution is 9.10. The van der Waals surface area contributed by atoms with Crippen LogP contribution in [0.2, 0.25) is 0 Å². The predicted molar refractivity (Wildman–Crippen MR) is 75.5 cm³/mol. The number of hydrogen-bond donors (Lipinski definition) is 1. The normalized spacial score (nSPS) is 12.9. The molecule has 2 rings (SSSR count). The summed E-state index contributed by atoms with van der Waals surface area (Å²) in [6, 6.07) is 7.26. The third-order valence-corrected chi connectivity index (χ3v) is 3.00. The van der Waals surface area contributed by atoms with E-state index in [0.717, 1.165) is 10.0 Å². The molecule has 19 heavy (non-hydrogen) atoms. The molecule has 0 radical (unpaired) electrons. The zero-order chi connectivity index (χ0) is 13.8. The van der Waals surface area contributed by atoms with Gasteiger partial charge in [0.1, 0.15) is 0 Å². The zero-order valence-corrected chi connectivity index (χ0v) is 12.4. The van der Waals surface area contributed by atoms with Crippen LogP contribution in [0.25, 0.3) is 11.5 Å². The second-order valence-corrected chi connectivity index (χ2v) is 5.37. The monoisotopic (exact) mass is 325 g/mol. The number of nitrogens with two attached hydrogens (primary N) is 1. The molecule has 1 unspecified atom stereocenters. The molecule has 1 heterocycles. The lowest BCUT2D eigenvalue weighted by molar-refractivity contribution is 0.0665. The molecule has 0 aliphatic carbocycles. The lowest BCUT2D eigenvalue weighted by Gasteiger charge is -2.10. The highest BCUT2D eigenvalue weighted by atomic mass is 79.9. The van der Waals surface area contributed by atoms with Crippen LogP contribution in [0.3, 0.4) is 0 Å². The van der Waals surface area contributed by atoms with Gasteiger partial charge in [-0.15, -0.1) is 0 Å². The van der Waals surface area contributed by atoms with E-state index in [-0.39, 0.29) is 12.1 Å². The van der Waals surface area contributed by atoms with Crippen LogP contribution in [0.1, 0.15) is 25.7 Å². The Labute approximate surface area is 120 Å². The molecule has 0 fully saturated rings. The van der Waals surface area contributed by atoms with Crippen molar-refractivity contribution < 1.29 is 9.26 Å². The van der Waals surface area contributed by atoms with E-state index in [0.29, 0.717) is 18.3 Å². The molecule has 1 aromatic carbocycles. The quantitative estimate of drug-likeness (QED) is 0.914. The van der Waals surface area contributed by atoms with Crippen LogP contribution in [0.4, 0.5) is 0 Å². The van der Waals surface area contributed by atoms with Gasteiger partial charge in [0.25, 0.3) is 5.89 Å². The first-order valence-corrected chi connectivity index (χ1v) is 6.82. The Kier molecular flexibility index (Phi) is 4.68. The molecule has 5 nitrogen and oxygen atoms in total. The fraction of sp³-hybridized carbons (Fsp3) is 0.385. The Balaban J connectivity index is 2.08. The van der Waals surface area contributed by atoms with Gasteiger partial charge in [0.15, 0.2) is 5.82 Å². The summed E-state index contributed by atoms with van der Waals surface area (Å²) in [7, 11) is 0. The van der Waals surface area contributed by atoms with E-state index >= 15 is 0 Å². The third kappa shape index (κ3) is 3.86. The third-order valence-electron chi connectivity index (χ3n) is 2.47. The second kappa shape index (κ2) is 6.27.